The van der Waals surface area contributed by atoms with Crippen molar-refractivity contribution in [2.45, 2.75) is 13.5 Å². The van der Waals surface area contributed by atoms with Crippen LogP contribution in [0.5, 0.6) is 0 Å². The molecule has 0 bridgehead atoms. The van der Waals surface area contributed by atoms with Crippen LogP contribution in [0.15, 0.2) is 40.2 Å². The number of carbonyl (C=O) groups is 1. The number of rotatable bonds is 2. The molecule has 3 heterocycles. The monoisotopic (exact) mass is 352 g/mol. The Balaban J connectivity index is 1.85. The van der Waals surface area contributed by atoms with Gasteiger partial charge in [0.1, 0.15) is 12.4 Å². The number of benzene rings is 1. The standard InChI is InChI=1S/C17H16N6O3/c1-10-19-11-6-4-5-7-12(11)23(10)13(24)8-22-9-18-15-14(22)16(25)21(3)17(26)20(15)2/h4-7,9H,8H2,1-3H3. The van der Waals surface area contributed by atoms with Crippen LogP contribution in [0.1, 0.15) is 10.6 Å². The second-order valence-electron chi connectivity index (χ2n) is 6.13. The van der Waals surface area contributed by atoms with Gasteiger partial charge in [0.25, 0.3) is 11.5 Å². The third-order valence-corrected chi connectivity index (χ3v) is 4.50. The van der Waals surface area contributed by atoms with Gasteiger partial charge in [0.05, 0.1) is 17.4 Å². The fourth-order valence-electron chi connectivity index (χ4n) is 3.19. The molecular formula is C17H16N6O3. The number of hydrogen-bond donors (Lipinski definition) is 0. The van der Waals surface area contributed by atoms with E-state index < -0.39 is 11.2 Å². The third kappa shape index (κ3) is 2.13. The molecule has 0 amide bonds. The first kappa shape index (κ1) is 16.0. The van der Waals surface area contributed by atoms with Crippen molar-refractivity contribution in [2.24, 2.45) is 14.1 Å². The van der Waals surface area contributed by atoms with Gasteiger partial charge in [-0.25, -0.2) is 14.8 Å². The average molecular weight is 352 g/mol. The van der Waals surface area contributed by atoms with Gasteiger partial charge in [0.2, 0.25) is 0 Å². The summed E-state index contributed by atoms with van der Waals surface area (Å²) >= 11 is 0. The first-order chi connectivity index (χ1) is 12.4. The van der Waals surface area contributed by atoms with Gasteiger partial charge in [-0.3, -0.25) is 23.3 Å². The van der Waals surface area contributed by atoms with Crippen LogP contribution in [-0.4, -0.2) is 34.1 Å². The predicted molar refractivity (Wildman–Crippen MR) is 95.3 cm³/mol. The molecule has 0 radical (unpaired) electrons. The van der Waals surface area contributed by atoms with Crippen molar-refractivity contribution in [3.8, 4) is 0 Å². The highest BCUT2D eigenvalue weighted by Gasteiger charge is 2.19. The molecular weight excluding hydrogens is 336 g/mol. The molecule has 1 aromatic carbocycles. The molecule has 4 aromatic rings. The largest absolute Gasteiger partial charge is 0.332 e. The summed E-state index contributed by atoms with van der Waals surface area (Å²) in [6.07, 6.45) is 1.40. The average Bonchev–Trinajstić information content (AvgIpc) is 3.18. The van der Waals surface area contributed by atoms with Crippen LogP contribution >= 0.6 is 0 Å². The lowest BCUT2D eigenvalue weighted by Gasteiger charge is -2.08. The second kappa shape index (κ2) is 5.51. The molecule has 0 aliphatic heterocycles. The van der Waals surface area contributed by atoms with E-state index in [9.17, 15) is 14.4 Å². The topological polar surface area (TPSA) is 96.7 Å². The number of hydrogen-bond acceptors (Lipinski definition) is 5. The Labute approximate surface area is 146 Å². The molecule has 0 aliphatic carbocycles. The van der Waals surface area contributed by atoms with Gasteiger partial charge in [-0.1, -0.05) is 12.1 Å². The summed E-state index contributed by atoms with van der Waals surface area (Å²) in [5, 5.41) is 0. The molecule has 0 N–H and O–H groups in total. The van der Waals surface area contributed by atoms with E-state index in [0.29, 0.717) is 11.3 Å². The first-order valence-electron chi connectivity index (χ1n) is 7.98. The van der Waals surface area contributed by atoms with Crippen LogP contribution in [0.25, 0.3) is 22.2 Å². The van der Waals surface area contributed by atoms with Crippen molar-refractivity contribution < 1.29 is 4.79 Å². The summed E-state index contributed by atoms with van der Waals surface area (Å²) in [5.41, 5.74) is 0.950. The quantitative estimate of drug-likeness (QED) is 0.521. The van der Waals surface area contributed by atoms with Crippen molar-refractivity contribution in [3.05, 3.63) is 57.3 Å². The maximum Gasteiger partial charge on any atom is 0.332 e. The number of nitrogens with zero attached hydrogens (tertiary/aromatic N) is 6. The summed E-state index contributed by atoms with van der Waals surface area (Å²) < 4.78 is 5.28. The summed E-state index contributed by atoms with van der Waals surface area (Å²) in [6.45, 7) is 1.66. The third-order valence-electron chi connectivity index (χ3n) is 4.50. The molecule has 26 heavy (non-hydrogen) atoms. The molecule has 4 rings (SSSR count). The Morgan fingerprint density at radius 3 is 2.62 bits per heavy atom. The lowest BCUT2D eigenvalue weighted by Crippen LogP contribution is -2.37. The molecule has 9 nitrogen and oxygen atoms in total. The molecule has 0 saturated heterocycles. The van der Waals surface area contributed by atoms with E-state index in [-0.39, 0.29) is 23.6 Å². The highest BCUT2D eigenvalue weighted by atomic mass is 16.2. The highest BCUT2D eigenvalue weighted by Crippen LogP contribution is 2.16. The summed E-state index contributed by atoms with van der Waals surface area (Å²) in [6, 6.07) is 7.36. The predicted octanol–water partition coefficient (Wildman–Crippen LogP) is 0.432. The first-order valence-corrected chi connectivity index (χ1v) is 7.98. The Bertz CT molecular complexity index is 1300. The minimum Gasteiger partial charge on any atom is -0.315 e. The molecule has 3 aromatic heterocycles. The van der Waals surface area contributed by atoms with Gasteiger partial charge in [-0.15, -0.1) is 0 Å². The molecule has 0 unspecified atom stereocenters. The Morgan fingerprint density at radius 1 is 1.12 bits per heavy atom. The van der Waals surface area contributed by atoms with E-state index in [0.717, 1.165) is 10.1 Å². The number of aryl methyl sites for hydroxylation is 2. The van der Waals surface area contributed by atoms with Crippen molar-refractivity contribution in [1.29, 1.82) is 0 Å². The van der Waals surface area contributed by atoms with E-state index in [1.807, 2.05) is 24.3 Å². The van der Waals surface area contributed by atoms with E-state index in [1.165, 1.54) is 34.1 Å². The van der Waals surface area contributed by atoms with Crippen LogP contribution in [-0.2, 0) is 20.6 Å². The zero-order chi connectivity index (χ0) is 18.6. The SMILES string of the molecule is Cc1nc2ccccc2n1C(=O)Cn1cnc2c1c(=O)n(C)c(=O)n2C. The maximum atomic E-state index is 12.9. The second-order valence-corrected chi connectivity index (χ2v) is 6.13. The smallest absolute Gasteiger partial charge is 0.315 e. The highest BCUT2D eigenvalue weighted by molar-refractivity contribution is 5.91. The minimum atomic E-state index is -0.486. The summed E-state index contributed by atoms with van der Waals surface area (Å²) in [7, 11) is 2.94. The van der Waals surface area contributed by atoms with Gasteiger partial charge in [0, 0.05) is 14.1 Å². The maximum absolute atomic E-state index is 12.9. The van der Waals surface area contributed by atoms with Crippen molar-refractivity contribution >= 4 is 28.1 Å². The normalized spacial score (nSPS) is 11.5. The number of imidazole rings is 2. The lowest BCUT2D eigenvalue weighted by molar-refractivity contribution is 0.0895. The van der Waals surface area contributed by atoms with Crippen LogP contribution in [0.3, 0.4) is 0 Å². The molecule has 0 spiro atoms. The fourth-order valence-corrected chi connectivity index (χ4v) is 3.19. The van der Waals surface area contributed by atoms with E-state index >= 15 is 0 Å². The van der Waals surface area contributed by atoms with Crippen LogP contribution < -0.4 is 11.2 Å². The zero-order valence-electron chi connectivity index (χ0n) is 14.5. The van der Waals surface area contributed by atoms with Crippen LogP contribution in [0, 0.1) is 6.92 Å². The Hall–Kier alpha value is -3.49. The zero-order valence-corrected chi connectivity index (χ0v) is 14.5. The Morgan fingerprint density at radius 2 is 1.85 bits per heavy atom. The number of para-hydroxylation sites is 2. The van der Waals surface area contributed by atoms with E-state index in [1.54, 1.807) is 6.92 Å². The van der Waals surface area contributed by atoms with Crippen LogP contribution in [0.4, 0.5) is 0 Å². The van der Waals surface area contributed by atoms with Crippen molar-refractivity contribution in [1.82, 2.24) is 28.2 Å². The Kier molecular flexibility index (Phi) is 3.39. The minimum absolute atomic E-state index is 0.0921. The lowest BCUT2D eigenvalue weighted by atomic mass is 10.3. The van der Waals surface area contributed by atoms with Crippen LogP contribution in [0.2, 0.25) is 0 Å². The van der Waals surface area contributed by atoms with Crippen molar-refractivity contribution in [2.75, 3.05) is 0 Å². The molecule has 9 heteroatoms. The molecule has 0 saturated carbocycles. The van der Waals surface area contributed by atoms with Crippen molar-refractivity contribution in [3.63, 3.8) is 0 Å². The molecule has 0 atom stereocenters. The molecule has 0 fully saturated rings. The van der Waals surface area contributed by atoms with Gasteiger partial charge >= 0.3 is 5.69 Å². The molecule has 0 aliphatic rings. The van der Waals surface area contributed by atoms with Gasteiger partial charge < -0.3 is 4.57 Å². The van der Waals surface area contributed by atoms with E-state index in [4.69, 9.17) is 0 Å². The number of carbonyl (C=O) groups excluding carboxylic acids is 1. The number of fused-ring (bicyclic) bond motifs is 2. The molecule has 132 valence electrons. The summed E-state index contributed by atoms with van der Waals surface area (Å²) in [5.74, 6) is 0.326. The van der Waals surface area contributed by atoms with Gasteiger partial charge in [0.15, 0.2) is 11.2 Å². The summed E-state index contributed by atoms with van der Waals surface area (Å²) in [4.78, 5) is 45.9. The fraction of sp³-hybridized carbons (Fsp3) is 0.235. The van der Waals surface area contributed by atoms with Gasteiger partial charge in [-0.05, 0) is 19.1 Å². The van der Waals surface area contributed by atoms with E-state index in [2.05, 4.69) is 9.97 Å². The number of aromatic nitrogens is 6. The van der Waals surface area contributed by atoms with Gasteiger partial charge in [-0.2, -0.15) is 0 Å².